The lowest BCUT2D eigenvalue weighted by Crippen LogP contribution is -2.19. The number of hydrogen-bond acceptors (Lipinski definition) is 7. The van der Waals surface area contributed by atoms with Crippen LogP contribution in [0.4, 0.5) is 4.39 Å². The third-order valence-corrected chi connectivity index (χ3v) is 3.29. The summed E-state index contributed by atoms with van der Waals surface area (Å²) in [6.07, 6.45) is 1.98. The first kappa shape index (κ1) is 17.5. The van der Waals surface area contributed by atoms with Gasteiger partial charge in [-0.05, 0) is 47.4 Å². The maximum atomic E-state index is 13.2. The standard InChI is InChI=1S/C13H19BFN5O3/c15-11-5-3-4-10(8-11)9-20-13(17-18-19-20)12(16)6-1-2-7-23-14(21)22/h3-5,8,12,21-22H,1-2,6-7,9,16H2. The fourth-order valence-electron chi connectivity index (χ4n) is 2.18. The maximum absolute atomic E-state index is 13.2. The van der Waals surface area contributed by atoms with Gasteiger partial charge in [0.25, 0.3) is 0 Å². The van der Waals surface area contributed by atoms with Gasteiger partial charge in [-0.1, -0.05) is 12.1 Å². The van der Waals surface area contributed by atoms with E-state index in [0.717, 1.165) is 12.0 Å². The van der Waals surface area contributed by atoms with Gasteiger partial charge in [0, 0.05) is 6.61 Å². The Morgan fingerprint density at radius 1 is 1.35 bits per heavy atom. The molecule has 0 aliphatic rings. The highest BCUT2D eigenvalue weighted by atomic mass is 19.1. The average Bonchev–Trinajstić information content (AvgIpc) is 2.94. The summed E-state index contributed by atoms with van der Waals surface area (Å²) in [5.74, 6) is 0.213. The van der Waals surface area contributed by atoms with Crippen LogP contribution in [-0.4, -0.2) is 44.2 Å². The van der Waals surface area contributed by atoms with Crippen molar-refractivity contribution in [1.29, 1.82) is 0 Å². The Balaban J connectivity index is 1.87. The summed E-state index contributed by atoms with van der Waals surface area (Å²) in [5.41, 5.74) is 6.84. The zero-order valence-electron chi connectivity index (χ0n) is 12.5. The van der Waals surface area contributed by atoms with Gasteiger partial charge in [0.05, 0.1) is 12.6 Å². The van der Waals surface area contributed by atoms with Crippen LogP contribution in [0.1, 0.15) is 36.7 Å². The van der Waals surface area contributed by atoms with Crippen LogP contribution in [0.5, 0.6) is 0 Å². The zero-order chi connectivity index (χ0) is 16.7. The summed E-state index contributed by atoms with van der Waals surface area (Å²) >= 11 is 0. The van der Waals surface area contributed by atoms with E-state index in [-0.39, 0.29) is 18.5 Å². The molecule has 1 heterocycles. The number of rotatable bonds is 9. The summed E-state index contributed by atoms with van der Waals surface area (Å²) in [7, 11) is -1.75. The largest absolute Gasteiger partial charge is 0.633 e. The smallest absolute Gasteiger partial charge is 0.402 e. The van der Waals surface area contributed by atoms with E-state index < -0.39 is 7.32 Å². The van der Waals surface area contributed by atoms with Crippen LogP contribution < -0.4 is 5.73 Å². The van der Waals surface area contributed by atoms with Gasteiger partial charge in [0.2, 0.25) is 0 Å². The summed E-state index contributed by atoms with van der Waals surface area (Å²) < 4.78 is 19.4. The molecule has 0 bridgehead atoms. The molecular weight excluding hydrogens is 304 g/mol. The SMILES string of the molecule is NC(CCCCOB(O)O)c1nnnn1Cc1cccc(F)c1. The van der Waals surface area contributed by atoms with Crippen molar-refractivity contribution in [3.05, 3.63) is 41.5 Å². The van der Waals surface area contributed by atoms with E-state index in [1.165, 1.54) is 12.1 Å². The minimum atomic E-state index is -1.75. The molecule has 8 nitrogen and oxygen atoms in total. The Kier molecular flexibility index (Phi) is 6.59. The first-order chi connectivity index (χ1) is 11.1. The molecule has 4 N–H and O–H groups in total. The van der Waals surface area contributed by atoms with E-state index in [0.29, 0.717) is 25.2 Å². The van der Waals surface area contributed by atoms with Crippen molar-refractivity contribution in [2.45, 2.75) is 31.8 Å². The fourth-order valence-corrected chi connectivity index (χ4v) is 2.18. The minimum absolute atomic E-state index is 0.235. The van der Waals surface area contributed by atoms with Crippen molar-refractivity contribution in [1.82, 2.24) is 20.2 Å². The molecule has 23 heavy (non-hydrogen) atoms. The first-order valence-electron chi connectivity index (χ1n) is 7.30. The van der Waals surface area contributed by atoms with Crippen molar-refractivity contribution < 1.29 is 19.1 Å². The first-order valence-corrected chi connectivity index (χ1v) is 7.30. The predicted molar refractivity (Wildman–Crippen MR) is 80.2 cm³/mol. The van der Waals surface area contributed by atoms with E-state index in [1.807, 2.05) is 0 Å². The number of benzene rings is 1. The van der Waals surface area contributed by atoms with Crippen LogP contribution in [0, 0.1) is 5.82 Å². The monoisotopic (exact) mass is 323 g/mol. The van der Waals surface area contributed by atoms with Crippen LogP contribution in [0.15, 0.2) is 24.3 Å². The molecule has 1 atom stereocenters. The zero-order valence-corrected chi connectivity index (χ0v) is 12.5. The summed E-state index contributed by atoms with van der Waals surface area (Å²) in [6, 6.07) is 5.86. The molecular formula is C13H19BFN5O3. The lowest BCUT2D eigenvalue weighted by molar-refractivity contribution is 0.181. The Labute approximate surface area is 133 Å². The molecule has 124 valence electrons. The third kappa shape index (κ3) is 5.68. The van der Waals surface area contributed by atoms with Crippen LogP contribution in [-0.2, 0) is 11.2 Å². The molecule has 0 fully saturated rings. The van der Waals surface area contributed by atoms with Crippen molar-refractivity contribution in [3.63, 3.8) is 0 Å². The van der Waals surface area contributed by atoms with E-state index in [4.69, 9.17) is 15.8 Å². The Morgan fingerprint density at radius 3 is 2.91 bits per heavy atom. The van der Waals surface area contributed by atoms with Gasteiger partial charge in [0.1, 0.15) is 5.82 Å². The quantitative estimate of drug-likeness (QED) is 0.439. The van der Waals surface area contributed by atoms with Gasteiger partial charge in [-0.25, -0.2) is 9.07 Å². The Bertz CT molecular complexity index is 613. The molecule has 2 rings (SSSR count). The molecule has 1 unspecified atom stereocenters. The molecule has 1 aromatic carbocycles. The molecule has 1 aromatic heterocycles. The molecule has 0 saturated heterocycles. The van der Waals surface area contributed by atoms with Crippen molar-refractivity contribution in [2.24, 2.45) is 5.73 Å². The van der Waals surface area contributed by atoms with Crippen LogP contribution >= 0.6 is 0 Å². The third-order valence-electron chi connectivity index (χ3n) is 3.29. The Morgan fingerprint density at radius 2 is 2.17 bits per heavy atom. The molecule has 0 aliphatic carbocycles. The molecule has 0 spiro atoms. The Hall–Kier alpha value is -1.88. The predicted octanol–water partition coefficient (Wildman–Crippen LogP) is 0.0167. The number of aromatic nitrogens is 4. The minimum Gasteiger partial charge on any atom is -0.402 e. The van der Waals surface area contributed by atoms with Crippen molar-refractivity contribution in [3.8, 4) is 0 Å². The second-order valence-corrected chi connectivity index (χ2v) is 5.12. The average molecular weight is 323 g/mol. The topological polar surface area (TPSA) is 119 Å². The van der Waals surface area contributed by atoms with Gasteiger partial charge in [-0.2, -0.15) is 0 Å². The molecule has 0 aliphatic heterocycles. The van der Waals surface area contributed by atoms with Crippen molar-refractivity contribution in [2.75, 3.05) is 6.61 Å². The van der Waals surface area contributed by atoms with Gasteiger partial charge in [-0.15, -0.1) is 5.10 Å². The highest BCUT2D eigenvalue weighted by Gasteiger charge is 2.15. The van der Waals surface area contributed by atoms with Crippen LogP contribution in [0.25, 0.3) is 0 Å². The van der Waals surface area contributed by atoms with Gasteiger partial charge in [-0.3, -0.25) is 0 Å². The highest BCUT2D eigenvalue weighted by molar-refractivity contribution is 6.32. The molecule has 10 heteroatoms. The number of unbranched alkanes of at least 4 members (excludes halogenated alkanes) is 1. The molecule has 0 saturated carbocycles. The van der Waals surface area contributed by atoms with Crippen LogP contribution in [0.3, 0.4) is 0 Å². The van der Waals surface area contributed by atoms with E-state index in [2.05, 4.69) is 20.2 Å². The highest BCUT2D eigenvalue weighted by Crippen LogP contribution is 2.15. The second-order valence-electron chi connectivity index (χ2n) is 5.12. The second kappa shape index (κ2) is 8.68. The number of nitrogens with zero attached hydrogens (tertiary/aromatic N) is 4. The number of hydrogen-bond donors (Lipinski definition) is 3. The van der Waals surface area contributed by atoms with E-state index >= 15 is 0 Å². The summed E-state index contributed by atoms with van der Waals surface area (Å²) in [4.78, 5) is 0. The number of tetrazole rings is 1. The summed E-state index contributed by atoms with van der Waals surface area (Å²) in [5, 5.41) is 28.6. The molecule has 2 aromatic rings. The maximum Gasteiger partial charge on any atom is 0.633 e. The molecule has 0 radical (unpaired) electrons. The van der Waals surface area contributed by atoms with E-state index in [1.54, 1.807) is 16.8 Å². The van der Waals surface area contributed by atoms with E-state index in [9.17, 15) is 4.39 Å². The lowest BCUT2D eigenvalue weighted by atomic mass is 10.1. The van der Waals surface area contributed by atoms with Crippen molar-refractivity contribution >= 4 is 7.32 Å². The normalized spacial score (nSPS) is 12.3. The fraction of sp³-hybridized carbons (Fsp3) is 0.462. The molecule has 0 amide bonds. The number of halogens is 1. The van der Waals surface area contributed by atoms with Gasteiger partial charge < -0.3 is 20.4 Å². The number of nitrogens with two attached hydrogens (primary N) is 1. The van der Waals surface area contributed by atoms with Gasteiger partial charge >= 0.3 is 7.32 Å². The van der Waals surface area contributed by atoms with Crippen LogP contribution in [0.2, 0.25) is 0 Å². The summed E-state index contributed by atoms with van der Waals surface area (Å²) in [6.45, 7) is 0.576. The lowest BCUT2D eigenvalue weighted by Gasteiger charge is -2.12. The van der Waals surface area contributed by atoms with Gasteiger partial charge in [0.15, 0.2) is 5.82 Å².